The van der Waals surface area contributed by atoms with Crippen LogP contribution in [0.4, 0.5) is 5.69 Å². The predicted octanol–water partition coefficient (Wildman–Crippen LogP) is 2.54. The van der Waals surface area contributed by atoms with Gasteiger partial charge in [-0.25, -0.2) is 0 Å². The van der Waals surface area contributed by atoms with E-state index in [1.165, 1.54) is 18.0 Å². The van der Waals surface area contributed by atoms with Crippen LogP contribution in [0.5, 0.6) is 0 Å². The molecule has 0 fully saturated rings. The van der Waals surface area contributed by atoms with Crippen LogP contribution in [0.15, 0.2) is 35.4 Å². The Hall–Kier alpha value is -1.42. The first-order chi connectivity index (χ1) is 7.77. The highest BCUT2D eigenvalue weighted by molar-refractivity contribution is 8.04. The summed E-state index contributed by atoms with van der Waals surface area (Å²) < 4.78 is 5.13. The van der Waals surface area contributed by atoms with Crippen molar-refractivity contribution in [2.75, 3.05) is 17.7 Å². The Balaban J connectivity index is 2.07. The van der Waals surface area contributed by atoms with E-state index in [9.17, 15) is 4.79 Å². The average molecular weight is 235 g/mol. The van der Waals surface area contributed by atoms with E-state index in [4.69, 9.17) is 4.74 Å². The van der Waals surface area contributed by atoms with Gasteiger partial charge in [-0.3, -0.25) is 4.79 Å². The molecule has 0 unspecified atom stereocenters. The molecular weight excluding hydrogens is 222 g/mol. The van der Waals surface area contributed by atoms with Crippen molar-refractivity contribution in [2.45, 2.75) is 6.92 Å². The van der Waals surface area contributed by atoms with E-state index in [1.54, 1.807) is 0 Å². The number of rotatable bonds is 2. The minimum Gasteiger partial charge on any atom is -0.499 e. The molecular formula is C12H13NO2S. The molecule has 2 rings (SSSR count). The van der Waals surface area contributed by atoms with Gasteiger partial charge in [0.15, 0.2) is 0 Å². The third-order valence-electron chi connectivity index (χ3n) is 2.27. The standard InChI is InChI=1S/C12H13NO2S/c1-9-4-2-3-5-10(9)13-12(14)11-8-15-6-7-16-11/h2-5,8H,6-7H2,1H3,(H,13,14). The monoisotopic (exact) mass is 235 g/mol. The summed E-state index contributed by atoms with van der Waals surface area (Å²) in [5.74, 6) is 0.728. The summed E-state index contributed by atoms with van der Waals surface area (Å²) in [6.07, 6.45) is 1.53. The van der Waals surface area contributed by atoms with Gasteiger partial charge in [-0.15, -0.1) is 11.8 Å². The summed E-state index contributed by atoms with van der Waals surface area (Å²) in [5, 5.41) is 2.87. The van der Waals surface area contributed by atoms with Crippen LogP contribution in [0.2, 0.25) is 0 Å². The van der Waals surface area contributed by atoms with Gasteiger partial charge in [0.25, 0.3) is 5.91 Å². The molecule has 1 aliphatic heterocycles. The first-order valence-electron chi connectivity index (χ1n) is 5.09. The van der Waals surface area contributed by atoms with Crippen molar-refractivity contribution in [3.8, 4) is 0 Å². The Bertz CT molecular complexity index is 429. The Labute approximate surface area is 98.9 Å². The van der Waals surface area contributed by atoms with Gasteiger partial charge >= 0.3 is 0 Å². The fraction of sp³-hybridized carbons (Fsp3) is 0.250. The molecule has 0 aliphatic carbocycles. The number of para-hydroxylation sites is 1. The van der Waals surface area contributed by atoms with Gasteiger partial charge in [0.05, 0.1) is 6.61 Å². The van der Waals surface area contributed by atoms with Crippen molar-refractivity contribution in [1.29, 1.82) is 0 Å². The number of nitrogens with one attached hydrogen (secondary N) is 1. The summed E-state index contributed by atoms with van der Waals surface area (Å²) in [7, 11) is 0. The molecule has 0 saturated heterocycles. The van der Waals surface area contributed by atoms with E-state index in [2.05, 4.69) is 5.32 Å². The Morgan fingerprint density at radius 1 is 1.44 bits per heavy atom. The number of carbonyl (C=O) groups excluding carboxylic acids is 1. The van der Waals surface area contributed by atoms with Crippen molar-refractivity contribution < 1.29 is 9.53 Å². The zero-order valence-electron chi connectivity index (χ0n) is 9.03. The molecule has 1 heterocycles. The van der Waals surface area contributed by atoms with Gasteiger partial charge < -0.3 is 10.1 Å². The fourth-order valence-electron chi connectivity index (χ4n) is 1.38. The summed E-state index contributed by atoms with van der Waals surface area (Å²) in [5.41, 5.74) is 1.90. The SMILES string of the molecule is Cc1ccccc1NC(=O)C1=COCCS1. The fourth-order valence-corrected chi connectivity index (χ4v) is 2.10. The lowest BCUT2D eigenvalue weighted by molar-refractivity contribution is -0.112. The van der Waals surface area contributed by atoms with Crippen molar-refractivity contribution in [3.05, 3.63) is 41.0 Å². The second-order valence-electron chi connectivity index (χ2n) is 3.47. The minimum atomic E-state index is -0.0981. The minimum absolute atomic E-state index is 0.0981. The third-order valence-corrected chi connectivity index (χ3v) is 3.23. The maximum absolute atomic E-state index is 11.8. The Morgan fingerprint density at radius 2 is 2.25 bits per heavy atom. The van der Waals surface area contributed by atoms with Gasteiger partial charge in [0.2, 0.25) is 0 Å². The normalized spacial score (nSPS) is 14.9. The Morgan fingerprint density at radius 3 is 2.94 bits per heavy atom. The Kier molecular flexibility index (Phi) is 3.51. The second-order valence-corrected chi connectivity index (χ2v) is 4.61. The van der Waals surface area contributed by atoms with Crippen molar-refractivity contribution in [2.24, 2.45) is 0 Å². The van der Waals surface area contributed by atoms with Gasteiger partial charge in [-0.05, 0) is 18.6 Å². The van der Waals surface area contributed by atoms with Crippen LogP contribution >= 0.6 is 11.8 Å². The largest absolute Gasteiger partial charge is 0.499 e. The molecule has 0 bridgehead atoms. The molecule has 1 amide bonds. The number of carbonyl (C=O) groups is 1. The molecule has 1 N–H and O–H groups in total. The van der Waals surface area contributed by atoms with Crippen LogP contribution in [0.3, 0.4) is 0 Å². The lowest BCUT2D eigenvalue weighted by Crippen LogP contribution is -2.16. The first-order valence-corrected chi connectivity index (χ1v) is 6.07. The topological polar surface area (TPSA) is 38.3 Å². The summed E-state index contributed by atoms with van der Waals surface area (Å²) in [6, 6.07) is 7.71. The van der Waals surface area contributed by atoms with Crippen molar-refractivity contribution >= 4 is 23.4 Å². The number of amides is 1. The number of anilines is 1. The molecule has 3 nitrogen and oxygen atoms in total. The van der Waals surface area contributed by atoms with Crippen LogP contribution in [0, 0.1) is 6.92 Å². The zero-order valence-corrected chi connectivity index (χ0v) is 9.84. The smallest absolute Gasteiger partial charge is 0.265 e. The molecule has 0 spiro atoms. The molecule has 0 aromatic heterocycles. The molecule has 16 heavy (non-hydrogen) atoms. The summed E-state index contributed by atoms with van der Waals surface area (Å²) in [6.45, 7) is 2.64. The van der Waals surface area contributed by atoms with E-state index >= 15 is 0 Å². The van der Waals surface area contributed by atoms with Crippen LogP contribution in [-0.2, 0) is 9.53 Å². The van der Waals surface area contributed by atoms with E-state index < -0.39 is 0 Å². The number of aryl methyl sites for hydroxylation is 1. The van der Waals surface area contributed by atoms with Crippen LogP contribution in [0.25, 0.3) is 0 Å². The molecule has 0 atom stereocenters. The highest BCUT2D eigenvalue weighted by atomic mass is 32.2. The maximum Gasteiger partial charge on any atom is 0.265 e. The second kappa shape index (κ2) is 5.07. The highest BCUT2D eigenvalue weighted by Crippen LogP contribution is 2.22. The number of ether oxygens (including phenoxy) is 1. The van der Waals surface area contributed by atoms with E-state index in [0.717, 1.165) is 17.0 Å². The molecule has 0 saturated carbocycles. The van der Waals surface area contributed by atoms with Gasteiger partial charge in [0.1, 0.15) is 11.2 Å². The third kappa shape index (κ3) is 2.58. The average Bonchev–Trinajstić information content (AvgIpc) is 2.33. The van der Waals surface area contributed by atoms with Gasteiger partial charge in [-0.1, -0.05) is 18.2 Å². The van der Waals surface area contributed by atoms with Crippen LogP contribution in [-0.4, -0.2) is 18.3 Å². The molecule has 0 radical (unpaired) electrons. The maximum atomic E-state index is 11.8. The van der Waals surface area contributed by atoms with Crippen molar-refractivity contribution in [3.63, 3.8) is 0 Å². The zero-order chi connectivity index (χ0) is 11.4. The number of hydrogen-bond acceptors (Lipinski definition) is 3. The highest BCUT2D eigenvalue weighted by Gasteiger charge is 2.14. The van der Waals surface area contributed by atoms with E-state index in [-0.39, 0.29) is 5.91 Å². The quantitative estimate of drug-likeness (QED) is 0.856. The number of hydrogen-bond donors (Lipinski definition) is 1. The van der Waals surface area contributed by atoms with Gasteiger partial charge in [-0.2, -0.15) is 0 Å². The summed E-state index contributed by atoms with van der Waals surface area (Å²) >= 11 is 1.52. The number of thioether (sulfide) groups is 1. The molecule has 1 aliphatic rings. The molecule has 4 heteroatoms. The molecule has 1 aromatic rings. The van der Waals surface area contributed by atoms with E-state index in [0.29, 0.717) is 11.5 Å². The lowest BCUT2D eigenvalue weighted by Gasteiger charge is -2.13. The first kappa shape index (κ1) is 11.1. The van der Waals surface area contributed by atoms with Crippen LogP contribution < -0.4 is 5.32 Å². The molecule has 1 aromatic carbocycles. The molecule has 84 valence electrons. The lowest BCUT2D eigenvalue weighted by atomic mass is 10.2. The summed E-state index contributed by atoms with van der Waals surface area (Å²) in [4.78, 5) is 12.5. The predicted molar refractivity (Wildman–Crippen MR) is 66.3 cm³/mol. The van der Waals surface area contributed by atoms with Crippen molar-refractivity contribution in [1.82, 2.24) is 0 Å². The van der Waals surface area contributed by atoms with Gasteiger partial charge in [0, 0.05) is 11.4 Å². The van der Waals surface area contributed by atoms with E-state index in [1.807, 2.05) is 31.2 Å². The number of benzene rings is 1. The van der Waals surface area contributed by atoms with Crippen LogP contribution in [0.1, 0.15) is 5.56 Å².